The molecule has 22 heavy (non-hydrogen) atoms. The van der Waals surface area contributed by atoms with Crippen molar-refractivity contribution < 1.29 is 4.79 Å². The van der Waals surface area contributed by atoms with Gasteiger partial charge in [0.05, 0.1) is 11.8 Å². The van der Waals surface area contributed by atoms with Crippen LogP contribution in [0.25, 0.3) is 0 Å². The van der Waals surface area contributed by atoms with Gasteiger partial charge in [0.1, 0.15) is 0 Å². The van der Waals surface area contributed by atoms with Crippen LogP contribution in [0.5, 0.6) is 0 Å². The van der Waals surface area contributed by atoms with Gasteiger partial charge in [0.2, 0.25) is 6.41 Å². The van der Waals surface area contributed by atoms with Gasteiger partial charge < -0.3 is 0 Å². The van der Waals surface area contributed by atoms with Crippen molar-refractivity contribution in [1.29, 1.82) is 0 Å². The summed E-state index contributed by atoms with van der Waals surface area (Å²) in [7, 11) is 0. The maximum absolute atomic E-state index is 11.4. The molecule has 0 N–H and O–H groups in total. The minimum Gasteiger partial charge on any atom is -0.277 e. The van der Waals surface area contributed by atoms with E-state index in [1.165, 1.54) is 10.6 Å². The molecule has 1 unspecified atom stereocenters. The average molecular weight is 292 g/mol. The van der Waals surface area contributed by atoms with Crippen molar-refractivity contribution in [2.24, 2.45) is 5.10 Å². The van der Waals surface area contributed by atoms with Crippen LogP contribution >= 0.6 is 0 Å². The molecule has 2 aromatic rings. The zero-order valence-corrected chi connectivity index (χ0v) is 12.9. The first-order valence-electron chi connectivity index (χ1n) is 7.65. The second-order valence-electron chi connectivity index (χ2n) is 5.94. The molecule has 0 saturated carbocycles. The molecule has 1 amide bonds. The van der Waals surface area contributed by atoms with Gasteiger partial charge in [-0.05, 0) is 22.6 Å². The van der Waals surface area contributed by atoms with Crippen molar-refractivity contribution in [3.05, 3.63) is 71.3 Å². The lowest BCUT2D eigenvalue weighted by Crippen LogP contribution is -2.17. The van der Waals surface area contributed by atoms with Gasteiger partial charge >= 0.3 is 0 Å². The first-order chi connectivity index (χ1) is 10.7. The predicted octanol–water partition coefficient (Wildman–Crippen LogP) is 4.12. The van der Waals surface area contributed by atoms with Gasteiger partial charge in [-0.3, -0.25) is 4.79 Å². The Hall–Kier alpha value is -2.42. The van der Waals surface area contributed by atoms with Crippen LogP contribution in [0.3, 0.4) is 0 Å². The van der Waals surface area contributed by atoms with Gasteiger partial charge in [-0.1, -0.05) is 68.4 Å². The van der Waals surface area contributed by atoms with Crippen molar-refractivity contribution in [2.75, 3.05) is 0 Å². The summed E-state index contributed by atoms with van der Waals surface area (Å²) >= 11 is 0. The Bertz CT molecular complexity index is 674. The Morgan fingerprint density at radius 2 is 1.77 bits per heavy atom. The highest BCUT2D eigenvalue weighted by Gasteiger charge is 2.28. The molecule has 1 aliphatic rings. The van der Waals surface area contributed by atoms with Crippen molar-refractivity contribution in [2.45, 2.75) is 32.2 Å². The van der Waals surface area contributed by atoms with E-state index in [2.05, 4.69) is 43.2 Å². The molecule has 1 heterocycles. The van der Waals surface area contributed by atoms with Crippen LogP contribution in [0.1, 0.15) is 48.9 Å². The van der Waals surface area contributed by atoms with Gasteiger partial charge in [0.15, 0.2) is 0 Å². The van der Waals surface area contributed by atoms with Crippen LogP contribution in [0.4, 0.5) is 0 Å². The molecule has 0 bridgehead atoms. The highest BCUT2D eigenvalue weighted by molar-refractivity contribution is 6.02. The molecule has 0 aliphatic carbocycles. The molecule has 0 radical (unpaired) electrons. The van der Waals surface area contributed by atoms with E-state index in [1.807, 2.05) is 30.3 Å². The maximum Gasteiger partial charge on any atom is 0.230 e. The van der Waals surface area contributed by atoms with Crippen LogP contribution in [0, 0.1) is 0 Å². The summed E-state index contributed by atoms with van der Waals surface area (Å²) in [4.78, 5) is 11.4. The van der Waals surface area contributed by atoms with Crippen molar-refractivity contribution in [1.82, 2.24) is 5.01 Å². The number of amides is 1. The highest BCUT2D eigenvalue weighted by atomic mass is 16.1. The SMILES string of the molecule is CC(C)c1ccc(C2CC(c3ccccc3)=NN2C=O)cc1. The molecule has 2 aromatic carbocycles. The quantitative estimate of drug-likeness (QED) is 0.780. The molecule has 1 aliphatic heterocycles. The van der Waals surface area contributed by atoms with Gasteiger partial charge in [-0.25, -0.2) is 5.01 Å². The van der Waals surface area contributed by atoms with E-state index in [0.717, 1.165) is 29.7 Å². The van der Waals surface area contributed by atoms with E-state index in [0.29, 0.717) is 5.92 Å². The predicted molar refractivity (Wildman–Crippen MR) is 88.8 cm³/mol. The van der Waals surface area contributed by atoms with Gasteiger partial charge in [-0.2, -0.15) is 5.10 Å². The lowest BCUT2D eigenvalue weighted by molar-refractivity contribution is -0.119. The Morgan fingerprint density at radius 1 is 1.09 bits per heavy atom. The fourth-order valence-corrected chi connectivity index (χ4v) is 2.80. The molecular weight excluding hydrogens is 272 g/mol. The number of hydrazone groups is 1. The van der Waals surface area contributed by atoms with E-state index in [4.69, 9.17) is 0 Å². The topological polar surface area (TPSA) is 32.7 Å². The molecule has 0 aromatic heterocycles. The summed E-state index contributed by atoms with van der Waals surface area (Å²) in [5, 5.41) is 6.01. The number of benzene rings is 2. The van der Waals surface area contributed by atoms with Crippen LogP contribution < -0.4 is 0 Å². The summed E-state index contributed by atoms with van der Waals surface area (Å²) in [5.74, 6) is 0.510. The number of carbonyl (C=O) groups excluding carboxylic acids is 1. The third-order valence-corrected chi connectivity index (χ3v) is 4.15. The zero-order valence-electron chi connectivity index (χ0n) is 12.9. The second-order valence-corrected chi connectivity index (χ2v) is 5.94. The lowest BCUT2D eigenvalue weighted by atomic mass is 9.95. The third kappa shape index (κ3) is 2.80. The zero-order chi connectivity index (χ0) is 15.5. The third-order valence-electron chi connectivity index (χ3n) is 4.15. The van der Waals surface area contributed by atoms with E-state index in [1.54, 1.807) is 0 Å². The summed E-state index contributed by atoms with van der Waals surface area (Å²) in [6, 6.07) is 18.5. The Balaban J connectivity index is 1.85. The van der Waals surface area contributed by atoms with Gasteiger partial charge in [-0.15, -0.1) is 0 Å². The number of rotatable bonds is 4. The minimum absolute atomic E-state index is 0.00563. The fourth-order valence-electron chi connectivity index (χ4n) is 2.80. The lowest BCUT2D eigenvalue weighted by Gasteiger charge is -2.18. The summed E-state index contributed by atoms with van der Waals surface area (Å²) in [6.07, 6.45) is 1.57. The second kappa shape index (κ2) is 6.14. The van der Waals surface area contributed by atoms with Crippen LogP contribution in [-0.4, -0.2) is 17.1 Å². The van der Waals surface area contributed by atoms with Crippen molar-refractivity contribution in [3.63, 3.8) is 0 Å². The molecule has 3 heteroatoms. The monoisotopic (exact) mass is 292 g/mol. The Labute approximate surface area is 131 Å². The average Bonchev–Trinajstić information content (AvgIpc) is 3.00. The Kier molecular flexibility index (Phi) is 4.05. The summed E-state index contributed by atoms with van der Waals surface area (Å²) < 4.78 is 0. The van der Waals surface area contributed by atoms with E-state index in [9.17, 15) is 4.79 Å². The van der Waals surface area contributed by atoms with Crippen LogP contribution in [-0.2, 0) is 4.79 Å². The fraction of sp³-hybridized carbons (Fsp3) is 0.263. The van der Waals surface area contributed by atoms with Crippen molar-refractivity contribution >= 4 is 12.1 Å². The van der Waals surface area contributed by atoms with Crippen molar-refractivity contribution in [3.8, 4) is 0 Å². The first-order valence-corrected chi connectivity index (χ1v) is 7.65. The molecule has 3 nitrogen and oxygen atoms in total. The number of carbonyl (C=O) groups is 1. The summed E-state index contributed by atoms with van der Waals surface area (Å²) in [6.45, 7) is 4.36. The Morgan fingerprint density at radius 3 is 2.36 bits per heavy atom. The smallest absolute Gasteiger partial charge is 0.230 e. The van der Waals surface area contributed by atoms with Crippen LogP contribution in [0.2, 0.25) is 0 Å². The molecule has 1 atom stereocenters. The molecule has 112 valence electrons. The molecule has 0 saturated heterocycles. The number of nitrogens with zero attached hydrogens (tertiary/aromatic N) is 2. The number of hydrogen-bond donors (Lipinski definition) is 0. The van der Waals surface area contributed by atoms with E-state index < -0.39 is 0 Å². The first kappa shape index (κ1) is 14.5. The summed E-state index contributed by atoms with van der Waals surface area (Å²) in [5.41, 5.74) is 4.48. The molecule has 3 rings (SSSR count). The molecular formula is C19H20N2O. The largest absolute Gasteiger partial charge is 0.277 e. The highest BCUT2D eigenvalue weighted by Crippen LogP contribution is 2.32. The van der Waals surface area contributed by atoms with E-state index >= 15 is 0 Å². The van der Waals surface area contributed by atoms with Crippen LogP contribution in [0.15, 0.2) is 59.7 Å². The molecule has 0 spiro atoms. The van der Waals surface area contributed by atoms with Gasteiger partial charge in [0, 0.05) is 6.42 Å². The van der Waals surface area contributed by atoms with Gasteiger partial charge in [0.25, 0.3) is 0 Å². The number of hydrogen-bond acceptors (Lipinski definition) is 2. The molecule has 0 fully saturated rings. The normalized spacial score (nSPS) is 17.7. The minimum atomic E-state index is -0.00563. The maximum atomic E-state index is 11.4. The van der Waals surface area contributed by atoms with E-state index in [-0.39, 0.29) is 6.04 Å². The standard InChI is InChI=1S/C19H20N2O/c1-14(2)15-8-10-17(11-9-15)19-12-18(20-21(19)13-22)16-6-4-3-5-7-16/h3-11,13-14,19H,12H2,1-2H3.